The third kappa shape index (κ3) is 5.36. The third-order valence-electron chi connectivity index (χ3n) is 7.55. The van der Waals surface area contributed by atoms with Gasteiger partial charge < -0.3 is 24.0 Å². The summed E-state index contributed by atoms with van der Waals surface area (Å²) in [5.41, 5.74) is 1.46. The summed E-state index contributed by atoms with van der Waals surface area (Å²) in [4.78, 5) is 25.8. The Balaban J connectivity index is 0.00000308. The maximum Gasteiger partial charge on any atom is 0.410 e. The number of aromatic nitrogens is 4. The molecule has 2 aromatic heterocycles. The summed E-state index contributed by atoms with van der Waals surface area (Å²) in [6, 6.07) is 6.65. The number of benzene rings is 1. The van der Waals surface area contributed by atoms with Gasteiger partial charge in [0.25, 0.3) is 0 Å². The number of fused-ring (bicyclic) bond motifs is 3. The molecule has 3 fully saturated rings. The first kappa shape index (κ1) is 27.5. The van der Waals surface area contributed by atoms with Crippen LogP contribution in [0.4, 0.5) is 10.6 Å². The largest absolute Gasteiger partial charge is 0.467 e. The molecule has 1 aromatic carbocycles. The Labute approximate surface area is 234 Å². The Bertz CT molecular complexity index is 1360. The van der Waals surface area contributed by atoms with Gasteiger partial charge in [-0.25, -0.2) is 9.48 Å². The molecule has 210 valence electrons. The van der Waals surface area contributed by atoms with Crippen LogP contribution in [-0.2, 0) is 9.47 Å². The molecular formula is C28H37ClN6O4. The summed E-state index contributed by atoms with van der Waals surface area (Å²) in [6.07, 6.45) is 4.42. The van der Waals surface area contributed by atoms with E-state index in [2.05, 4.69) is 26.0 Å². The van der Waals surface area contributed by atoms with Crippen molar-refractivity contribution in [2.75, 3.05) is 38.3 Å². The number of piperidine rings is 1. The van der Waals surface area contributed by atoms with Crippen molar-refractivity contribution in [1.82, 2.24) is 24.6 Å². The van der Waals surface area contributed by atoms with E-state index in [0.717, 1.165) is 48.1 Å². The quantitative estimate of drug-likeness (QED) is 0.432. The number of methoxy groups -OCH3 is 1. The van der Waals surface area contributed by atoms with Crippen molar-refractivity contribution in [3.8, 4) is 11.8 Å². The minimum Gasteiger partial charge on any atom is -0.467 e. The number of carbonyl (C=O) groups excluding carboxylic acids is 1. The normalized spacial score (nSPS) is 21.4. The molecule has 6 rings (SSSR count). The monoisotopic (exact) mass is 556 g/mol. The predicted octanol–water partition coefficient (Wildman–Crippen LogP) is 5.21. The number of hydrogen-bond acceptors (Lipinski definition) is 8. The van der Waals surface area contributed by atoms with Crippen molar-refractivity contribution in [2.45, 2.75) is 71.1 Å². The average molecular weight is 557 g/mol. The molecule has 2 atom stereocenters. The van der Waals surface area contributed by atoms with Crippen molar-refractivity contribution >= 4 is 34.4 Å². The summed E-state index contributed by atoms with van der Waals surface area (Å²) >= 11 is 6.77. The molecule has 0 aliphatic carbocycles. The summed E-state index contributed by atoms with van der Waals surface area (Å²) in [6.45, 7) is 8.43. The smallest absolute Gasteiger partial charge is 0.410 e. The van der Waals surface area contributed by atoms with E-state index in [4.69, 9.17) is 25.8 Å². The summed E-state index contributed by atoms with van der Waals surface area (Å²) in [5, 5.41) is 6.29. The van der Waals surface area contributed by atoms with Crippen LogP contribution in [0.5, 0.6) is 6.01 Å². The molecule has 0 saturated carbocycles. The highest BCUT2D eigenvalue weighted by atomic mass is 35.5. The number of hydrogen-bond donors (Lipinski definition) is 0. The molecule has 0 spiro atoms. The standard InChI is InChI=1S/C27H33ClN6O4.CH4/c1-27(2,3)38-26(35)32-7-5-16(6-8-32)20-11-22-17(9-21(20)28)13-29-34(22)24-12-23(30-25(31-24)36-4)33-14-19-10-18(33)15-37-19;/h9,11-13,16,18-19H,5-8,10,14-15H2,1-4H3;1H4. The minimum absolute atomic E-state index is 0. The van der Waals surface area contributed by atoms with Gasteiger partial charge in [-0.15, -0.1) is 0 Å². The van der Waals surface area contributed by atoms with Gasteiger partial charge in [0.1, 0.15) is 11.4 Å². The van der Waals surface area contributed by atoms with E-state index in [1.807, 2.05) is 37.6 Å². The summed E-state index contributed by atoms with van der Waals surface area (Å²) in [7, 11) is 1.57. The van der Waals surface area contributed by atoms with Gasteiger partial charge in [0.05, 0.1) is 37.6 Å². The fourth-order valence-electron chi connectivity index (χ4n) is 5.69. The lowest BCUT2D eigenvalue weighted by Gasteiger charge is -2.34. The average Bonchev–Trinajstić information content (AvgIpc) is 3.63. The van der Waals surface area contributed by atoms with E-state index in [1.54, 1.807) is 18.2 Å². The van der Waals surface area contributed by atoms with Gasteiger partial charge in [-0.1, -0.05) is 19.0 Å². The van der Waals surface area contributed by atoms with Crippen LogP contribution in [-0.4, -0.2) is 81.8 Å². The molecular weight excluding hydrogens is 520 g/mol. The number of likely N-dealkylation sites (tertiary alicyclic amines) is 1. The maximum atomic E-state index is 12.5. The van der Waals surface area contributed by atoms with Crippen LogP contribution in [0.1, 0.15) is 58.9 Å². The van der Waals surface area contributed by atoms with E-state index in [1.165, 1.54) is 0 Å². The molecule has 3 saturated heterocycles. The Kier molecular flexibility index (Phi) is 7.37. The minimum atomic E-state index is -0.508. The zero-order chi connectivity index (χ0) is 26.6. The molecule has 1 amide bonds. The number of ether oxygens (including phenoxy) is 3. The highest BCUT2D eigenvalue weighted by Gasteiger charge is 2.40. The van der Waals surface area contributed by atoms with Crippen LogP contribution in [0, 0.1) is 0 Å². The number of carbonyl (C=O) groups is 1. The van der Waals surface area contributed by atoms with Gasteiger partial charge >= 0.3 is 12.1 Å². The van der Waals surface area contributed by atoms with E-state index < -0.39 is 5.60 Å². The van der Waals surface area contributed by atoms with Crippen molar-refractivity contribution in [3.63, 3.8) is 0 Å². The van der Waals surface area contributed by atoms with Gasteiger partial charge in [-0.05, 0) is 63.6 Å². The molecule has 10 nitrogen and oxygen atoms in total. The second-order valence-electron chi connectivity index (χ2n) is 11.3. The molecule has 39 heavy (non-hydrogen) atoms. The molecule has 3 aliphatic heterocycles. The summed E-state index contributed by atoms with van der Waals surface area (Å²) < 4.78 is 18.6. The highest BCUT2D eigenvalue weighted by Crippen LogP contribution is 2.37. The Morgan fingerprint density at radius 3 is 2.51 bits per heavy atom. The Hall–Kier alpha value is -3.11. The van der Waals surface area contributed by atoms with Crippen molar-refractivity contribution in [1.29, 1.82) is 0 Å². The van der Waals surface area contributed by atoms with E-state index >= 15 is 0 Å². The van der Waals surface area contributed by atoms with Crippen molar-refractivity contribution < 1.29 is 19.0 Å². The van der Waals surface area contributed by atoms with Crippen molar-refractivity contribution in [3.05, 3.63) is 35.0 Å². The number of amides is 1. The lowest BCUT2D eigenvalue weighted by Crippen LogP contribution is -2.41. The Morgan fingerprint density at radius 2 is 1.87 bits per heavy atom. The van der Waals surface area contributed by atoms with Gasteiger partial charge in [0, 0.05) is 36.1 Å². The second-order valence-corrected chi connectivity index (χ2v) is 11.7. The van der Waals surface area contributed by atoms with Crippen LogP contribution in [0.15, 0.2) is 24.4 Å². The van der Waals surface area contributed by atoms with E-state index in [9.17, 15) is 4.79 Å². The first-order valence-corrected chi connectivity index (χ1v) is 13.5. The van der Waals surface area contributed by atoms with E-state index in [0.29, 0.717) is 42.6 Å². The first-order chi connectivity index (χ1) is 18.2. The third-order valence-corrected chi connectivity index (χ3v) is 7.87. The number of rotatable bonds is 4. The second kappa shape index (κ2) is 10.5. The lowest BCUT2D eigenvalue weighted by atomic mass is 9.89. The molecule has 0 N–H and O–H groups in total. The van der Waals surface area contributed by atoms with Crippen LogP contribution in [0.2, 0.25) is 5.02 Å². The molecule has 0 radical (unpaired) electrons. The fourth-order valence-corrected chi connectivity index (χ4v) is 6.01. The zero-order valence-electron chi connectivity index (χ0n) is 22.2. The number of morpholine rings is 1. The van der Waals surface area contributed by atoms with Gasteiger partial charge in [0.2, 0.25) is 0 Å². The first-order valence-electron chi connectivity index (χ1n) is 13.2. The molecule has 2 unspecified atom stereocenters. The molecule has 3 aromatic rings. The number of halogens is 1. The molecule has 3 aliphatic rings. The number of nitrogens with zero attached hydrogens (tertiary/aromatic N) is 6. The molecule has 2 bridgehead atoms. The van der Waals surface area contributed by atoms with Crippen LogP contribution in [0.3, 0.4) is 0 Å². The lowest BCUT2D eigenvalue weighted by molar-refractivity contribution is 0.0205. The van der Waals surface area contributed by atoms with Crippen LogP contribution in [0.25, 0.3) is 16.7 Å². The Morgan fingerprint density at radius 1 is 1.13 bits per heavy atom. The topological polar surface area (TPSA) is 94.8 Å². The molecule has 5 heterocycles. The SMILES string of the molecule is C.COc1nc(N2CC3CC2CO3)cc(-n2ncc3cc(Cl)c(C4CCN(C(=O)OC(C)(C)C)CC4)cc32)n1. The zero-order valence-corrected chi connectivity index (χ0v) is 22.9. The summed E-state index contributed by atoms with van der Waals surface area (Å²) in [5.74, 6) is 1.68. The van der Waals surface area contributed by atoms with Gasteiger partial charge in [-0.2, -0.15) is 15.1 Å². The van der Waals surface area contributed by atoms with Crippen LogP contribution >= 0.6 is 11.6 Å². The van der Waals surface area contributed by atoms with Crippen molar-refractivity contribution in [2.24, 2.45) is 0 Å². The number of anilines is 1. The molecule has 11 heteroatoms. The van der Waals surface area contributed by atoms with Crippen LogP contribution < -0.4 is 9.64 Å². The van der Waals surface area contributed by atoms with Gasteiger partial charge in [-0.3, -0.25) is 0 Å². The predicted molar refractivity (Wildman–Crippen MR) is 150 cm³/mol. The maximum absolute atomic E-state index is 12.5. The highest BCUT2D eigenvalue weighted by molar-refractivity contribution is 6.32. The van der Waals surface area contributed by atoms with Gasteiger partial charge in [0.15, 0.2) is 5.82 Å². The van der Waals surface area contributed by atoms with E-state index in [-0.39, 0.29) is 25.5 Å². The fraction of sp³-hybridized carbons (Fsp3) is 0.571.